The number of anilines is 1. The standard InChI is InChI=1S/C19H29N5/c1-4-12-24-16(2)20-21-19(24)15-22(3)18-11-8-13-23(14-18)17-9-6-5-7-10-17/h5-7,9-10,18H,4,8,11-15H2,1-3H3/t18-/m1/s1. The number of aryl methyl sites for hydroxylation is 1. The molecule has 0 N–H and O–H groups in total. The van der Waals surface area contributed by atoms with Gasteiger partial charge in [0.2, 0.25) is 0 Å². The predicted molar refractivity (Wildman–Crippen MR) is 98.2 cm³/mol. The molecule has 0 saturated carbocycles. The molecule has 0 aliphatic carbocycles. The molecule has 2 heterocycles. The molecule has 0 amide bonds. The second-order valence-electron chi connectivity index (χ2n) is 6.81. The van der Waals surface area contributed by atoms with Crippen molar-refractivity contribution in [1.82, 2.24) is 19.7 Å². The Morgan fingerprint density at radius 2 is 2.00 bits per heavy atom. The third-order valence-electron chi connectivity index (χ3n) is 4.99. The van der Waals surface area contributed by atoms with Crippen molar-refractivity contribution in [2.45, 2.75) is 52.2 Å². The summed E-state index contributed by atoms with van der Waals surface area (Å²) >= 11 is 0. The molecule has 0 unspecified atom stereocenters. The van der Waals surface area contributed by atoms with Crippen molar-refractivity contribution in [2.24, 2.45) is 0 Å². The second kappa shape index (κ2) is 7.79. The average molecular weight is 327 g/mol. The van der Waals surface area contributed by atoms with Gasteiger partial charge in [-0.25, -0.2) is 0 Å². The third-order valence-corrected chi connectivity index (χ3v) is 4.99. The Labute approximate surface area is 145 Å². The minimum absolute atomic E-state index is 0.561. The van der Waals surface area contributed by atoms with Gasteiger partial charge in [-0.1, -0.05) is 25.1 Å². The number of piperidine rings is 1. The molecule has 2 aromatic rings. The molecule has 1 aromatic heterocycles. The van der Waals surface area contributed by atoms with Gasteiger partial charge in [0, 0.05) is 31.4 Å². The van der Waals surface area contributed by atoms with Gasteiger partial charge in [-0.2, -0.15) is 0 Å². The lowest BCUT2D eigenvalue weighted by molar-refractivity contribution is 0.200. The minimum atomic E-state index is 0.561. The molecular weight excluding hydrogens is 298 g/mol. The Balaban J connectivity index is 1.65. The van der Waals surface area contributed by atoms with Crippen LogP contribution in [0.3, 0.4) is 0 Å². The Morgan fingerprint density at radius 1 is 1.21 bits per heavy atom. The van der Waals surface area contributed by atoms with Gasteiger partial charge in [-0.3, -0.25) is 4.90 Å². The first-order valence-electron chi connectivity index (χ1n) is 9.08. The quantitative estimate of drug-likeness (QED) is 0.817. The molecule has 5 nitrogen and oxygen atoms in total. The van der Waals surface area contributed by atoms with Gasteiger partial charge in [0.05, 0.1) is 6.54 Å². The summed E-state index contributed by atoms with van der Waals surface area (Å²) < 4.78 is 2.26. The van der Waals surface area contributed by atoms with E-state index in [1.807, 2.05) is 6.92 Å². The van der Waals surface area contributed by atoms with Crippen molar-refractivity contribution >= 4 is 5.69 Å². The zero-order valence-electron chi connectivity index (χ0n) is 15.1. The van der Waals surface area contributed by atoms with Gasteiger partial charge in [0.25, 0.3) is 0 Å². The third kappa shape index (κ3) is 3.78. The number of para-hydroxylation sites is 1. The molecule has 3 rings (SSSR count). The fraction of sp³-hybridized carbons (Fsp3) is 0.579. The molecule has 130 valence electrons. The van der Waals surface area contributed by atoms with E-state index in [1.165, 1.54) is 18.5 Å². The fourth-order valence-electron chi connectivity index (χ4n) is 3.60. The van der Waals surface area contributed by atoms with E-state index in [1.54, 1.807) is 0 Å². The zero-order valence-corrected chi connectivity index (χ0v) is 15.1. The monoisotopic (exact) mass is 327 g/mol. The van der Waals surface area contributed by atoms with Crippen molar-refractivity contribution in [3.63, 3.8) is 0 Å². The maximum Gasteiger partial charge on any atom is 0.147 e. The van der Waals surface area contributed by atoms with E-state index in [9.17, 15) is 0 Å². The van der Waals surface area contributed by atoms with Gasteiger partial charge in [0.15, 0.2) is 0 Å². The number of rotatable bonds is 6. The highest BCUT2D eigenvalue weighted by molar-refractivity contribution is 5.46. The topological polar surface area (TPSA) is 37.2 Å². The Hall–Kier alpha value is -1.88. The van der Waals surface area contributed by atoms with Crippen molar-refractivity contribution in [1.29, 1.82) is 0 Å². The lowest BCUT2D eigenvalue weighted by Gasteiger charge is -2.38. The molecule has 1 atom stereocenters. The van der Waals surface area contributed by atoms with Crippen LogP contribution in [0.15, 0.2) is 30.3 Å². The summed E-state index contributed by atoms with van der Waals surface area (Å²) in [4.78, 5) is 4.96. The molecule has 0 bridgehead atoms. The van der Waals surface area contributed by atoms with Crippen LogP contribution in [0.5, 0.6) is 0 Å². The molecule has 1 saturated heterocycles. The predicted octanol–water partition coefficient (Wildman–Crippen LogP) is 3.10. The average Bonchev–Trinajstić information content (AvgIpc) is 2.96. The number of nitrogens with zero attached hydrogens (tertiary/aromatic N) is 5. The lowest BCUT2D eigenvalue weighted by atomic mass is 10.0. The normalized spacial score (nSPS) is 18.3. The van der Waals surface area contributed by atoms with Crippen LogP contribution in [0.4, 0.5) is 5.69 Å². The van der Waals surface area contributed by atoms with Crippen molar-refractivity contribution in [3.8, 4) is 0 Å². The largest absolute Gasteiger partial charge is 0.370 e. The summed E-state index contributed by atoms with van der Waals surface area (Å²) in [5, 5.41) is 8.68. The number of hydrogen-bond acceptors (Lipinski definition) is 4. The van der Waals surface area contributed by atoms with Crippen LogP contribution in [0.1, 0.15) is 37.8 Å². The second-order valence-corrected chi connectivity index (χ2v) is 6.81. The number of likely N-dealkylation sites (N-methyl/N-ethyl adjacent to an activating group) is 1. The summed E-state index contributed by atoms with van der Waals surface area (Å²) in [6.07, 6.45) is 3.60. The first kappa shape index (κ1) is 17.0. The molecule has 24 heavy (non-hydrogen) atoms. The fourth-order valence-corrected chi connectivity index (χ4v) is 3.60. The van der Waals surface area contributed by atoms with Gasteiger partial charge >= 0.3 is 0 Å². The minimum Gasteiger partial charge on any atom is -0.370 e. The maximum absolute atomic E-state index is 4.40. The Morgan fingerprint density at radius 3 is 2.75 bits per heavy atom. The van der Waals surface area contributed by atoms with Crippen LogP contribution in [-0.2, 0) is 13.1 Å². The summed E-state index contributed by atoms with van der Waals surface area (Å²) in [6.45, 7) is 8.35. The lowest BCUT2D eigenvalue weighted by Crippen LogP contribution is -2.46. The van der Waals surface area contributed by atoms with Crippen LogP contribution >= 0.6 is 0 Å². The van der Waals surface area contributed by atoms with Gasteiger partial charge in [-0.15, -0.1) is 10.2 Å². The van der Waals surface area contributed by atoms with Gasteiger partial charge in [-0.05, 0) is 45.4 Å². The first-order chi connectivity index (χ1) is 11.7. The SMILES string of the molecule is CCCn1c(C)nnc1CN(C)[C@@H]1CCCN(c2ccccc2)C1. The first-order valence-corrected chi connectivity index (χ1v) is 9.08. The van der Waals surface area contributed by atoms with E-state index < -0.39 is 0 Å². The number of hydrogen-bond donors (Lipinski definition) is 0. The Kier molecular flexibility index (Phi) is 5.51. The van der Waals surface area contributed by atoms with E-state index in [0.29, 0.717) is 6.04 Å². The van der Waals surface area contributed by atoms with Gasteiger partial charge < -0.3 is 9.47 Å². The molecular formula is C19H29N5. The highest BCUT2D eigenvalue weighted by Crippen LogP contribution is 2.22. The van der Waals surface area contributed by atoms with E-state index >= 15 is 0 Å². The van der Waals surface area contributed by atoms with Crippen molar-refractivity contribution in [2.75, 3.05) is 25.0 Å². The smallest absolute Gasteiger partial charge is 0.147 e. The Bertz CT molecular complexity index is 636. The highest BCUT2D eigenvalue weighted by Gasteiger charge is 2.24. The van der Waals surface area contributed by atoms with Gasteiger partial charge in [0.1, 0.15) is 11.6 Å². The van der Waals surface area contributed by atoms with Crippen LogP contribution in [0.2, 0.25) is 0 Å². The molecule has 1 aromatic carbocycles. The summed E-state index contributed by atoms with van der Waals surface area (Å²) in [7, 11) is 2.22. The maximum atomic E-state index is 4.40. The van der Waals surface area contributed by atoms with E-state index in [2.05, 4.69) is 68.9 Å². The number of benzene rings is 1. The van der Waals surface area contributed by atoms with Crippen LogP contribution in [0, 0.1) is 6.92 Å². The zero-order chi connectivity index (χ0) is 16.9. The van der Waals surface area contributed by atoms with E-state index in [0.717, 1.165) is 44.2 Å². The summed E-state index contributed by atoms with van der Waals surface area (Å²) in [5.74, 6) is 2.11. The van der Waals surface area contributed by atoms with Crippen LogP contribution < -0.4 is 4.90 Å². The molecule has 0 radical (unpaired) electrons. The summed E-state index contributed by atoms with van der Waals surface area (Å²) in [5.41, 5.74) is 1.33. The number of aromatic nitrogens is 3. The molecule has 1 aliphatic heterocycles. The van der Waals surface area contributed by atoms with E-state index in [-0.39, 0.29) is 0 Å². The summed E-state index contributed by atoms with van der Waals surface area (Å²) in [6, 6.07) is 11.3. The van der Waals surface area contributed by atoms with Crippen LogP contribution in [0.25, 0.3) is 0 Å². The molecule has 0 spiro atoms. The molecule has 5 heteroatoms. The molecule has 1 aliphatic rings. The molecule has 1 fully saturated rings. The van der Waals surface area contributed by atoms with E-state index in [4.69, 9.17) is 0 Å². The van der Waals surface area contributed by atoms with Crippen molar-refractivity contribution in [3.05, 3.63) is 42.0 Å². The highest BCUT2D eigenvalue weighted by atomic mass is 15.3. The van der Waals surface area contributed by atoms with Crippen molar-refractivity contribution < 1.29 is 0 Å². The van der Waals surface area contributed by atoms with Crippen LogP contribution in [-0.4, -0.2) is 45.8 Å².